The van der Waals surface area contributed by atoms with Crippen LogP contribution in [-0.4, -0.2) is 33.7 Å². The van der Waals surface area contributed by atoms with Gasteiger partial charge in [0.15, 0.2) is 0 Å². The molecule has 0 aromatic heterocycles. The van der Waals surface area contributed by atoms with Crippen LogP contribution in [0.2, 0.25) is 0 Å². The van der Waals surface area contributed by atoms with E-state index in [9.17, 15) is 0 Å². The Hall–Kier alpha value is -2.95. The van der Waals surface area contributed by atoms with Crippen LogP contribution in [0.4, 0.5) is 0 Å². The van der Waals surface area contributed by atoms with Crippen molar-refractivity contribution in [2.45, 2.75) is 116 Å². The smallest absolute Gasteiger partial charge is 1.00 e. The summed E-state index contributed by atoms with van der Waals surface area (Å²) in [4.78, 5) is 0. The molecule has 2 fully saturated rings. The van der Waals surface area contributed by atoms with Crippen molar-refractivity contribution in [1.82, 2.24) is 0 Å². The second-order valence-electron chi connectivity index (χ2n) is 18.4. The summed E-state index contributed by atoms with van der Waals surface area (Å²) in [5.41, 5.74) is 5.82. The molecule has 352 valence electrons. The van der Waals surface area contributed by atoms with Gasteiger partial charge >= 0.3 is 23.1 Å². The van der Waals surface area contributed by atoms with Crippen molar-refractivity contribution in [2.75, 3.05) is 10.7 Å². The molecule has 0 heterocycles. The van der Waals surface area contributed by atoms with Gasteiger partial charge in [0.2, 0.25) is 0 Å². The summed E-state index contributed by atoms with van der Waals surface area (Å²) in [7, 11) is 0. The first-order valence-corrected chi connectivity index (χ1v) is 27.5. The Kier molecular flexibility index (Phi) is 32.2. The number of halogens is 2. The first kappa shape index (κ1) is 57.4. The van der Waals surface area contributed by atoms with E-state index in [1.54, 1.807) is 6.08 Å². The predicted octanol–water partition coefficient (Wildman–Crippen LogP) is 18.6. The van der Waals surface area contributed by atoms with Crippen LogP contribution in [0.15, 0.2) is 196 Å². The van der Waals surface area contributed by atoms with Crippen LogP contribution in [0.3, 0.4) is 0 Å². The molecule has 2 saturated carbocycles. The predicted molar refractivity (Wildman–Crippen MR) is 303 cm³/mol. The number of benzene rings is 4. The third-order valence-corrected chi connectivity index (χ3v) is 14.5. The van der Waals surface area contributed by atoms with E-state index >= 15 is 0 Å². The zero-order valence-electron chi connectivity index (χ0n) is 42.5. The van der Waals surface area contributed by atoms with Crippen molar-refractivity contribution in [2.24, 2.45) is 41.4 Å². The minimum atomic E-state index is 0. The molecule has 66 heavy (non-hydrogen) atoms. The fraction of sp³-hybridized carbons (Fsp3) is 0.429. The largest absolute Gasteiger partial charge is 2.00 e. The number of rotatable bonds is 19. The second-order valence-corrected chi connectivity index (χ2v) is 19.8. The van der Waals surface area contributed by atoms with Gasteiger partial charge in [-0.05, 0) is 173 Å². The standard InChI is InChI=1S/C17H22.2C12H16.C10H12.C9H11Br.C3H5Br.Mg.2H/c1-2-6-14(7-3-1)8-4-5-9-16-12-15-10-11-17(16)13-15;2*1-2-3-4-6-9-12-10-7-5-8-11-12;1-2-9-7-4-5-8(6-7)10(9)3-1;10-8-4-7-9-5-2-1-3-6-9;1-2-3-4;;;/h1-3,6-7,10-11,15-17H,4-5,8-9,12-13H2;2*2,5,7-8,10-11H,1,3-4,6,9H2;1-2,4-5,7-10H,3,6H2;1-3,5-6H,4,7-8H2;2H,1,3H2;;;/q;;;;;;+2;2*-1. The van der Waals surface area contributed by atoms with Gasteiger partial charge in [-0.2, -0.15) is 0 Å². The van der Waals surface area contributed by atoms with Gasteiger partial charge in [-0.3, -0.25) is 0 Å². The monoisotopic (exact) mass is 1020 g/mol. The van der Waals surface area contributed by atoms with Gasteiger partial charge in [0.1, 0.15) is 0 Å². The minimum absolute atomic E-state index is 0. The number of unbranched alkanes of at least 4 members (excludes halogenated alkanes) is 5. The third kappa shape index (κ3) is 23.4. The first-order chi connectivity index (χ1) is 32.1. The van der Waals surface area contributed by atoms with Crippen molar-refractivity contribution in [3.05, 3.63) is 218 Å². The summed E-state index contributed by atoms with van der Waals surface area (Å²) in [6, 6.07) is 42.7. The first-order valence-electron chi connectivity index (χ1n) is 25.2. The summed E-state index contributed by atoms with van der Waals surface area (Å²) in [6.07, 6.45) is 43.8. The van der Waals surface area contributed by atoms with Gasteiger partial charge in [-0.1, -0.05) is 214 Å². The molecule has 7 unspecified atom stereocenters. The molecule has 0 N–H and O–H groups in total. The molecule has 0 aliphatic heterocycles. The van der Waals surface area contributed by atoms with Crippen molar-refractivity contribution in [3.8, 4) is 0 Å². The Morgan fingerprint density at radius 3 is 1.30 bits per heavy atom. The molecular weight excluding hydrogens is 941 g/mol. The Balaban J connectivity index is 0.000000417. The SMILES string of the molecule is BrCCCc1ccccc1.C1=CC2C3C=CC(C3)C2C1.C1=CC2CC1CC2CCCCc1ccccc1.C=CCBr.C=CCCCCc1ccccc1.C=CCCCCc1ccccc1.[H-].[H-].[Mg+2]. The average molecular weight is 1030 g/mol. The summed E-state index contributed by atoms with van der Waals surface area (Å²) in [5.74, 6) is 6.72. The molecule has 0 saturated heterocycles. The third-order valence-electron chi connectivity index (χ3n) is 13.5. The number of hydrogen-bond acceptors (Lipinski definition) is 0. The summed E-state index contributed by atoms with van der Waals surface area (Å²) >= 11 is 6.54. The fourth-order valence-electron chi connectivity index (χ4n) is 10.0. The zero-order valence-corrected chi connectivity index (χ0v) is 45.1. The number of allylic oxidation sites excluding steroid dienone is 9. The minimum Gasteiger partial charge on any atom is -1.00 e. The van der Waals surface area contributed by atoms with Crippen LogP contribution >= 0.6 is 31.9 Å². The molecule has 7 atom stereocenters. The van der Waals surface area contributed by atoms with E-state index < -0.39 is 0 Å². The molecule has 4 bridgehead atoms. The van der Waals surface area contributed by atoms with Gasteiger partial charge in [0, 0.05) is 10.7 Å². The quantitative estimate of drug-likeness (QED) is 0.0380. The Bertz CT molecular complexity index is 1850. The van der Waals surface area contributed by atoms with Crippen LogP contribution in [0.5, 0.6) is 0 Å². The number of alkyl halides is 2. The molecule has 4 aromatic carbocycles. The van der Waals surface area contributed by atoms with Crippen LogP contribution in [0.1, 0.15) is 115 Å². The van der Waals surface area contributed by atoms with Crippen molar-refractivity contribution >= 4 is 54.9 Å². The summed E-state index contributed by atoms with van der Waals surface area (Å²) < 4.78 is 0. The Morgan fingerprint density at radius 1 is 0.470 bits per heavy atom. The van der Waals surface area contributed by atoms with E-state index in [2.05, 4.69) is 209 Å². The van der Waals surface area contributed by atoms with Crippen LogP contribution in [0.25, 0.3) is 0 Å². The van der Waals surface area contributed by atoms with Crippen LogP contribution < -0.4 is 0 Å². The van der Waals surface area contributed by atoms with E-state index in [-0.39, 0.29) is 25.9 Å². The molecule has 0 spiro atoms. The molecule has 4 aromatic rings. The normalized spacial score (nSPS) is 21.3. The zero-order chi connectivity index (χ0) is 46.0. The fourth-order valence-corrected chi connectivity index (χ4v) is 10.3. The molecule has 5 aliphatic carbocycles. The van der Waals surface area contributed by atoms with Crippen molar-refractivity contribution in [3.63, 3.8) is 0 Å². The maximum absolute atomic E-state index is 3.71. The molecule has 0 amide bonds. The summed E-state index contributed by atoms with van der Waals surface area (Å²) in [6.45, 7) is 10.8. The number of aryl methyl sites for hydroxylation is 4. The van der Waals surface area contributed by atoms with Gasteiger partial charge in [-0.25, -0.2) is 0 Å². The topological polar surface area (TPSA) is 0 Å². The van der Waals surface area contributed by atoms with Crippen LogP contribution in [-0.2, 0) is 25.7 Å². The van der Waals surface area contributed by atoms with Gasteiger partial charge in [-0.15, -0.1) is 19.7 Å². The van der Waals surface area contributed by atoms with E-state index in [4.69, 9.17) is 0 Å². The van der Waals surface area contributed by atoms with Gasteiger partial charge < -0.3 is 2.85 Å². The summed E-state index contributed by atoms with van der Waals surface area (Å²) in [5, 5.41) is 1.99. The van der Waals surface area contributed by atoms with Crippen LogP contribution in [0, 0.1) is 41.4 Å². The van der Waals surface area contributed by atoms with Gasteiger partial charge in [0.25, 0.3) is 0 Å². The molecule has 5 aliphatic rings. The molecular formula is C63H84Br2Mg. The molecule has 0 radical (unpaired) electrons. The average Bonchev–Trinajstić information content (AvgIpc) is 4.24. The Labute approximate surface area is 440 Å². The second kappa shape index (κ2) is 37.0. The number of hydrogen-bond donors (Lipinski definition) is 0. The maximum atomic E-state index is 3.71. The van der Waals surface area contributed by atoms with E-state index in [1.165, 1.54) is 125 Å². The molecule has 9 rings (SSSR count). The molecule has 3 heteroatoms. The van der Waals surface area contributed by atoms with E-state index in [0.717, 1.165) is 64.9 Å². The van der Waals surface area contributed by atoms with Gasteiger partial charge in [0.05, 0.1) is 0 Å². The van der Waals surface area contributed by atoms with Crippen molar-refractivity contribution < 1.29 is 2.85 Å². The van der Waals surface area contributed by atoms with E-state index in [1.807, 2.05) is 12.2 Å². The maximum Gasteiger partial charge on any atom is 2.00 e. The Morgan fingerprint density at radius 2 is 0.909 bits per heavy atom. The van der Waals surface area contributed by atoms with E-state index in [0.29, 0.717) is 0 Å². The number of fused-ring (bicyclic) bond motifs is 7. The van der Waals surface area contributed by atoms with Crippen molar-refractivity contribution in [1.29, 1.82) is 0 Å². The molecule has 0 nitrogen and oxygen atoms in total.